The van der Waals surface area contributed by atoms with Crippen LogP contribution in [0.2, 0.25) is 0 Å². The smallest absolute Gasteiger partial charge is 0.226 e. The number of thioether (sulfide) groups is 1. The van der Waals surface area contributed by atoms with Gasteiger partial charge in [0.1, 0.15) is 5.82 Å². The normalized spacial score (nSPS) is 10.7. The van der Waals surface area contributed by atoms with Crippen molar-refractivity contribution >= 4 is 17.4 Å². The minimum atomic E-state index is -0.302. The molecule has 1 aromatic heterocycles. The molecule has 6 heteroatoms. The molecule has 0 atom stereocenters. The first-order valence-corrected chi connectivity index (χ1v) is 6.17. The zero-order valence-electron chi connectivity index (χ0n) is 9.31. The molecule has 17 heavy (non-hydrogen) atoms. The molecule has 0 aliphatic carbocycles. The van der Waals surface area contributed by atoms with Crippen LogP contribution in [-0.4, -0.2) is 10.1 Å². The molecular weight excluding hydrogens is 241 g/mol. The first-order chi connectivity index (χ1) is 8.19. The van der Waals surface area contributed by atoms with Crippen LogP contribution in [-0.2, 0) is 12.2 Å². The van der Waals surface area contributed by atoms with Gasteiger partial charge in [0.25, 0.3) is 0 Å². The number of nitrogen functional groups attached to an aromatic ring is 1. The van der Waals surface area contributed by atoms with E-state index in [0.29, 0.717) is 34.5 Å². The van der Waals surface area contributed by atoms with Crippen molar-refractivity contribution in [1.29, 1.82) is 0 Å². The monoisotopic (exact) mass is 253 g/mol. The Labute approximate surface area is 102 Å². The van der Waals surface area contributed by atoms with Crippen molar-refractivity contribution < 1.29 is 8.91 Å². The second-order valence-electron chi connectivity index (χ2n) is 3.43. The number of nitrogens with two attached hydrogens (primary N) is 1. The van der Waals surface area contributed by atoms with Gasteiger partial charge in [-0.1, -0.05) is 12.1 Å². The predicted octanol–water partition coefficient (Wildman–Crippen LogP) is 2.65. The summed E-state index contributed by atoms with van der Waals surface area (Å²) in [6.45, 7) is 1.94. The van der Waals surface area contributed by atoms with Crippen molar-refractivity contribution in [3.8, 4) is 0 Å². The molecule has 90 valence electrons. The summed E-state index contributed by atoms with van der Waals surface area (Å²) in [6, 6.07) is 4.29. The molecule has 0 aliphatic rings. The molecule has 1 heterocycles. The minimum absolute atomic E-state index is 0.302. The highest BCUT2D eigenvalue weighted by molar-refractivity contribution is 7.98. The lowest BCUT2D eigenvalue weighted by Crippen LogP contribution is -1.91. The summed E-state index contributed by atoms with van der Waals surface area (Å²) in [4.78, 5) is 4.85. The molecule has 0 saturated carbocycles. The summed E-state index contributed by atoms with van der Waals surface area (Å²) >= 11 is 1.39. The molecule has 0 amide bonds. The molecule has 1 aromatic carbocycles. The Morgan fingerprint density at radius 2 is 2.29 bits per heavy atom. The third-order valence-corrected chi connectivity index (χ3v) is 3.21. The fourth-order valence-electron chi connectivity index (χ4n) is 1.27. The summed E-state index contributed by atoms with van der Waals surface area (Å²) in [7, 11) is 0. The minimum Gasteiger partial charge on any atom is -0.398 e. The van der Waals surface area contributed by atoms with Crippen LogP contribution in [0.5, 0.6) is 0 Å². The standard InChI is InChI=1S/C11H12FN3OS/c1-2-11-14-10(15-16-11)6-17-9-5-7(12)3-4-8(9)13/h3-5H,2,6,13H2,1H3. The molecule has 0 aliphatic heterocycles. The Hall–Kier alpha value is -1.56. The van der Waals surface area contributed by atoms with Gasteiger partial charge >= 0.3 is 0 Å². The average molecular weight is 253 g/mol. The average Bonchev–Trinajstić information content (AvgIpc) is 2.78. The fourth-order valence-corrected chi connectivity index (χ4v) is 2.10. The van der Waals surface area contributed by atoms with Gasteiger partial charge in [0.15, 0.2) is 5.82 Å². The van der Waals surface area contributed by atoms with Crippen LogP contribution in [0.4, 0.5) is 10.1 Å². The second-order valence-corrected chi connectivity index (χ2v) is 4.45. The van der Waals surface area contributed by atoms with E-state index >= 15 is 0 Å². The Morgan fingerprint density at radius 3 is 3.00 bits per heavy atom. The van der Waals surface area contributed by atoms with Gasteiger partial charge in [0, 0.05) is 17.0 Å². The van der Waals surface area contributed by atoms with Crippen LogP contribution >= 0.6 is 11.8 Å². The SMILES string of the molecule is CCc1nc(CSc2cc(F)ccc2N)no1. The van der Waals surface area contributed by atoms with Gasteiger partial charge in [-0.15, -0.1) is 11.8 Å². The topological polar surface area (TPSA) is 64.9 Å². The van der Waals surface area contributed by atoms with Gasteiger partial charge in [0.2, 0.25) is 5.89 Å². The molecule has 2 N–H and O–H groups in total. The summed E-state index contributed by atoms with van der Waals surface area (Å²) in [5.74, 6) is 1.41. The molecule has 0 radical (unpaired) electrons. The highest BCUT2D eigenvalue weighted by Gasteiger charge is 2.07. The van der Waals surface area contributed by atoms with E-state index in [0.717, 1.165) is 0 Å². The number of halogens is 1. The predicted molar refractivity (Wildman–Crippen MR) is 64.0 cm³/mol. The van der Waals surface area contributed by atoms with Crippen molar-refractivity contribution in [2.45, 2.75) is 24.0 Å². The van der Waals surface area contributed by atoms with Gasteiger partial charge in [-0.3, -0.25) is 0 Å². The zero-order valence-corrected chi connectivity index (χ0v) is 10.1. The highest BCUT2D eigenvalue weighted by atomic mass is 32.2. The summed E-state index contributed by atoms with van der Waals surface area (Å²) in [5.41, 5.74) is 6.28. The Morgan fingerprint density at radius 1 is 1.47 bits per heavy atom. The van der Waals surface area contributed by atoms with Gasteiger partial charge < -0.3 is 10.3 Å². The highest BCUT2D eigenvalue weighted by Crippen LogP contribution is 2.27. The second kappa shape index (κ2) is 5.18. The molecule has 4 nitrogen and oxygen atoms in total. The van der Waals surface area contributed by atoms with Crippen LogP contribution in [0.25, 0.3) is 0 Å². The first kappa shape index (κ1) is 11.9. The maximum atomic E-state index is 13.0. The van der Waals surface area contributed by atoms with Gasteiger partial charge in [-0.05, 0) is 18.2 Å². The van der Waals surface area contributed by atoms with E-state index in [-0.39, 0.29) is 5.82 Å². The van der Waals surface area contributed by atoms with E-state index in [4.69, 9.17) is 10.3 Å². The van der Waals surface area contributed by atoms with E-state index in [1.54, 1.807) is 6.07 Å². The van der Waals surface area contributed by atoms with Crippen LogP contribution in [0, 0.1) is 5.82 Å². The third kappa shape index (κ3) is 2.97. The number of nitrogens with zero attached hydrogens (tertiary/aromatic N) is 2. The number of aryl methyl sites for hydroxylation is 1. The van der Waals surface area contributed by atoms with Crippen molar-refractivity contribution in [3.63, 3.8) is 0 Å². The number of hydrogen-bond donors (Lipinski definition) is 1. The van der Waals surface area contributed by atoms with E-state index in [9.17, 15) is 4.39 Å². The number of rotatable bonds is 4. The third-order valence-electron chi connectivity index (χ3n) is 2.14. The molecule has 0 spiro atoms. The maximum absolute atomic E-state index is 13.0. The number of aromatic nitrogens is 2. The largest absolute Gasteiger partial charge is 0.398 e. The van der Waals surface area contributed by atoms with Crippen molar-refractivity contribution in [2.75, 3.05) is 5.73 Å². The van der Waals surface area contributed by atoms with Gasteiger partial charge in [0.05, 0.1) is 5.75 Å². The Bertz CT molecular complexity index is 515. The quantitative estimate of drug-likeness (QED) is 0.670. The number of hydrogen-bond acceptors (Lipinski definition) is 5. The van der Waals surface area contributed by atoms with E-state index in [1.165, 1.54) is 23.9 Å². The summed E-state index contributed by atoms with van der Waals surface area (Å²) in [5, 5.41) is 3.81. The Balaban J connectivity index is 2.04. The first-order valence-electron chi connectivity index (χ1n) is 5.18. The van der Waals surface area contributed by atoms with Gasteiger partial charge in [-0.25, -0.2) is 4.39 Å². The maximum Gasteiger partial charge on any atom is 0.226 e. The Kier molecular flexibility index (Phi) is 3.63. The van der Waals surface area contributed by atoms with Crippen LogP contribution < -0.4 is 5.73 Å². The number of benzene rings is 1. The van der Waals surface area contributed by atoms with Crippen LogP contribution in [0.3, 0.4) is 0 Å². The van der Waals surface area contributed by atoms with Crippen molar-refractivity contribution in [3.05, 3.63) is 35.7 Å². The van der Waals surface area contributed by atoms with E-state index < -0.39 is 0 Å². The van der Waals surface area contributed by atoms with E-state index in [1.807, 2.05) is 6.92 Å². The number of anilines is 1. The van der Waals surface area contributed by atoms with Crippen molar-refractivity contribution in [1.82, 2.24) is 10.1 Å². The van der Waals surface area contributed by atoms with Crippen LogP contribution in [0.15, 0.2) is 27.6 Å². The molecular formula is C11H12FN3OS. The lowest BCUT2D eigenvalue weighted by molar-refractivity contribution is 0.378. The van der Waals surface area contributed by atoms with Crippen molar-refractivity contribution in [2.24, 2.45) is 0 Å². The fraction of sp³-hybridized carbons (Fsp3) is 0.273. The van der Waals surface area contributed by atoms with E-state index in [2.05, 4.69) is 10.1 Å². The molecule has 0 bridgehead atoms. The molecule has 2 aromatic rings. The molecule has 2 rings (SSSR count). The lowest BCUT2D eigenvalue weighted by Gasteiger charge is -2.02. The van der Waals surface area contributed by atoms with Crippen LogP contribution in [0.1, 0.15) is 18.6 Å². The molecule has 0 unspecified atom stereocenters. The molecule has 0 fully saturated rings. The van der Waals surface area contributed by atoms with Gasteiger partial charge in [-0.2, -0.15) is 4.98 Å². The zero-order chi connectivity index (χ0) is 12.3. The lowest BCUT2D eigenvalue weighted by atomic mass is 10.3. The summed E-state index contributed by atoms with van der Waals surface area (Å²) < 4.78 is 18.0. The summed E-state index contributed by atoms with van der Waals surface area (Å²) in [6.07, 6.45) is 0.708. The molecule has 0 saturated heterocycles.